The third kappa shape index (κ3) is 3.78. The van der Waals surface area contributed by atoms with E-state index in [1.807, 2.05) is 30.3 Å². The number of nitrogens with one attached hydrogen (secondary N) is 1. The van der Waals surface area contributed by atoms with Crippen molar-refractivity contribution in [2.45, 2.75) is 20.4 Å². The quantitative estimate of drug-likeness (QED) is 0.748. The van der Waals surface area contributed by atoms with Gasteiger partial charge >= 0.3 is 0 Å². The van der Waals surface area contributed by atoms with Gasteiger partial charge in [-0.1, -0.05) is 13.8 Å². The largest absolute Gasteiger partial charge is 0.482 e. The maximum atomic E-state index is 11.6. The molecular formula is C20H20N4O2S. The van der Waals surface area contributed by atoms with Crippen LogP contribution in [0, 0.1) is 5.92 Å². The van der Waals surface area contributed by atoms with E-state index in [-0.39, 0.29) is 12.5 Å². The number of hydrogen-bond acceptors (Lipinski definition) is 5. The second-order valence-electron chi connectivity index (χ2n) is 6.78. The fourth-order valence-electron chi connectivity index (χ4n) is 2.96. The Bertz CT molecular complexity index is 1040. The normalized spacial score (nSPS) is 14.0. The molecule has 0 fully saturated rings. The number of carbonyl (C=O) groups is 1. The number of rotatable bonds is 4. The zero-order chi connectivity index (χ0) is 18.8. The number of hydrogen-bond donors (Lipinski definition) is 1. The van der Waals surface area contributed by atoms with Crippen LogP contribution >= 0.6 is 11.3 Å². The van der Waals surface area contributed by atoms with Gasteiger partial charge in [-0.15, -0.1) is 11.3 Å². The van der Waals surface area contributed by atoms with Gasteiger partial charge in [-0.3, -0.25) is 9.78 Å². The maximum Gasteiger partial charge on any atom is 0.262 e. The second-order valence-corrected chi connectivity index (χ2v) is 7.62. The molecule has 2 aromatic heterocycles. The van der Waals surface area contributed by atoms with Crippen molar-refractivity contribution < 1.29 is 9.53 Å². The minimum atomic E-state index is -0.132. The molecule has 138 valence electrons. The van der Waals surface area contributed by atoms with Gasteiger partial charge in [0.05, 0.1) is 23.3 Å². The van der Waals surface area contributed by atoms with Crippen molar-refractivity contribution in [1.82, 2.24) is 9.55 Å². The first-order chi connectivity index (χ1) is 13.1. The number of carbonyl (C=O) groups excluding carboxylic acids is 1. The van der Waals surface area contributed by atoms with Crippen molar-refractivity contribution >= 4 is 28.6 Å². The Kier molecular flexibility index (Phi) is 4.77. The monoisotopic (exact) mass is 380 g/mol. The molecule has 7 heteroatoms. The van der Waals surface area contributed by atoms with Crippen molar-refractivity contribution in [3.63, 3.8) is 0 Å². The second kappa shape index (κ2) is 7.36. The molecule has 0 spiro atoms. The molecule has 0 saturated carbocycles. The topological polar surface area (TPSA) is 68.5 Å². The summed E-state index contributed by atoms with van der Waals surface area (Å²) >= 11 is 1.60. The highest BCUT2D eigenvalue weighted by Crippen LogP contribution is 2.33. The van der Waals surface area contributed by atoms with Gasteiger partial charge in [0.2, 0.25) is 0 Å². The fraction of sp³-hybridized carbons (Fsp3) is 0.250. The smallest absolute Gasteiger partial charge is 0.262 e. The Morgan fingerprint density at radius 1 is 1.37 bits per heavy atom. The van der Waals surface area contributed by atoms with E-state index in [1.165, 1.54) is 0 Å². The van der Waals surface area contributed by atoms with Gasteiger partial charge in [0.1, 0.15) is 5.75 Å². The van der Waals surface area contributed by atoms with Gasteiger partial charge in [0.15, 0.2) is 11.4 Å². The van der Waals surface area contributed by atoms with Crippen LogP contribution < -0.4 is 14.9 Å². The molecule has 6 nitrogen and oxygen atoms in total. The highest BCUT2D eigenvalue weighted by molar-refractivity contribution is 7.07. The summed E-state index contributed by atoms with van der Waals surface area (Å²) in [4.78, 5) is 21.5. The molecule has 27 heavy (non-hydrogen) atoms. The Morgan fingerprint density at radius 3 is 3.04 bits per heavy atom. The lowest BCUT2D eigenvalue weighted by atomic mass is 10.1. The van der Waals surface area contributed by atoms with E-state index in [9.17, 15) is 4.79 Å². The molecule has 0 radical (unpaired) electrons. The number of fused-ring (bicyclic) bond motifs is 1. The van der Waals surface area contributed by atoms with Gasteiger partial charge < -0.3 is 14.6 Å². The van der Waals surface area contributed by atoms with Crippen molar-refractivity contribution in [1.29, 1.82) is 0 Å². The number of thiazole rings is 1. The lowest BCUT2D eigenvalue weighted by Gasteiger charge is -2.19. The Labute approximate surface area is 161 Å². The number of anilines is 1. The molecule has 3 heterocycles. The molecule has 0 aliphatic carbocycles. The number of benzene rings is 1. The highest BCUT2D eigenvalue weighted by Gasteiger charge is 2.18. The van der Waals surface area contributed by atoms with Crippen LogP contribution in [0.4, 0.5) is 11.4 Å². The van der Waals surface area contributed by atoms with E-state index < -0.39 is 0 Å². The number of ether oxygens (including phenoxy) is 1. The summed E-state index contributed by atoms with van der Waals surface area (Å²) < 4.78 is 7.68. The summed E-state index contributed by atoms with van der Waals surface area (Å²) in [5, 5.41) is 4.98. The minimum absolute atomic E-state index is 0.0618. The van der Waals surface area contributed by atoms with Crippen LogP contribution in [-0.2, 0) is 11.3 Å². The van der Waals surface area contributed by atoms with Crippen LogP contribution in [0.3, 0.4) is 0 Å². The summed E-state index contributed by atoms with van der Waals surface area (Å²) in [7, 11) is 0. The van der Waals surface area contributed by atoms with E-state index in [2.05, 4.69) is 34.1 Å². The Hall–Kier alpha value is -2.93. The lowest BCUT2D eigenvalue weighted by molar-refractivity contribution is -0.118. The summed E-state index contributed by atoms with van der Waals surface area (Å²) in [6.45, 7) is 5.27. The summed E-state index contributed by atoms with van der Waals surface area (Å²) in [5.74, 6) is 1.03. The summed E-state index contributed by atoms with van der Waals surface area (Å²) in [6, 6.07) is 9.70. The van der Waals surface area contributed by atoms with Crippen molar-refractivity contribution in [3.8, 4) is 17.0 Å². The van der Waals surface area contributed by atoms with Gasteiger partial charge in [-0.2, -0.15) is 0 Å². The predicted octanol–water partition coefficient (Wildman–Crippen LogP) is 3.83. The van der Waals surface area contributed by atoms with E-state index in [4.69, 9.17) is 9.73 Å². The third-order valence-corrected chi connectivity index (χ3v) is 4.99. The number of aromatic nitrogens is 2. The van der Waals surface area contributed by atoms with E-state index in [0.29, 0.717) is 17.4 Å². The highest BCUT2D eigenvalue weighted by atomic mass is 32.1. The Balaban J connectivity index is 1.80. The lowest BCUT2D eigenvalue weighted by Crippen LogP contribution is -2.25. The van der Waals surface area contributed by atoms with Gasteiger partial charge in [-0.05, 0) is 36.2 Å². The zero-order valence-corrected chi connectivity index (χ0v) is 16.0. The van der Waals surface area contributed by atoms with Crippen LogP contribution in [0.2, 0.25) is 0 Å². The van der Waals surface area contributed by atoms with Gasteiger partial charge in [-0.25, -0.2) is 4.99 Å². The van der Waals surface area contributed by atoms with Crippen molar-refractivity contribution in [2.24, 2.45) is 10.9 Å². The first kappa shape index (κ1) is 17.5. The Morgan fingerprint density at radius 2 is 2.26 bits per heavy atom. The summed E-state index contributed by atoms with van der Waals surface area (Å²) in [5.41, 5.74) is 3.62. The van der Waals surface area contributed by atoms with E-state index in [1.54, 1.807) is 23.7 Å². The van der Waals surface area contributed by atoms with Gasteiger partial charge in [0, 0.05) is 23.7 Å². The predicted molar refractivity (Wildman–Crippen MR) is 106 cm³/mol. The third-order valence-electron chi connectivity index (χ3n) is 4.12. The van der Waals surface area contributed by atoms with Crippen LogP contribution in [0.5, 0.6) is 5.75 Å². The molecule has 1 N–H and O–H groups in total. The van der Waals surface area contributed by atoms with Crippen molar-refractivity contribution in [2.75, 3.05) is 11.9 Å². The SMILES string of the molecule is CC(C)Cn1c(-c2ccc3c(c2)NC(=O)CO3)csc1=Nc1cccnc1. The van der Waals surface area contributed by atoms with E-state index in [0.717, 1.165) is 28.3 Å². The molecule has 0 bridgehead atoms. The first-order valence-electron chi connectivity index (χ1n) is 8.80. The van der Waals surface area contributed by atoms with Crippen LogP contribution in [0.1, 0.15) is 13.8 Å². The maximum absolute atomic E-state index is 11.6. The molecule has 1 aromatic carbocycles. The van der Waals surface area contributed by atoms with Crippen molar-refractivity contribution in [3.05, 3.63) is 52.9 Å². The zero-order valence-electron chi connectivity index (χ0n) is 15.2. The molecular weight excluding hydrogens is 360 g/mol. The number of nitrogens with zero attached hydrogens (tertiary/aromatic N) is 3. The van der Waals surface area contributed by atoms with Crippen LogP contribution in [-0.4, -0.2) is 22.1 Å². The molecule has 4 rings (SSSR count). The molecule has 3 aromatic rings. The molecule has 0 unspecified atom stereocenters. The standard InChI is InChI=1S/C20H20N4O2S/c1-13(2)10-24-17(12-27-20(24)22-15-4-3-7-21-9-15)14-5-6-18-16(8-14)23-19(25)11-26-18/h3-9,12-13H,10-11H2,1-2H3,(H,23,25). The van der Waals surface area contributed by atoms with Crippen LogP contribution in [0.25, 0.3) is 11.3 Å². The molecule has 1 aliphatic rings. The number of pyridine rings is 1. The average Bonchev–Trinajstić information content (AvgIpc) is 3.03. The fourth-order valence-corrected chi connectivity index (χ4v) is 3.90. The number of amides is 1. The average molecular weight is 380 g/mol. The van der Waals surface area contributed by atoms with E-state index >= 15 is 0 Å². The first-order valence-corrected chi connectivity index (χ1v) is 9.68. The molecule has 1 amide bonds. The van der Waals surface area contributed by atoms with Gasteiger partial charge in [0.25, 0.3) is 5.91 Å². The summed E-state index contributed by atoms with van der Waals surface area (Å²) in [6.07, 6.45) is 3.50. The molecule has 1 aliphatic heterocycles. The molecule has 0 saturated heterocycles. The van der Waals surface area contributed by atoms with Crippen LogP contribution in [0.15, 0.2) is 53.1 Å². The minimum Gasteiger partial charge on any atom is -0.482 e. The molecule has 0 atom stereocenters.